The Labute approximate surface area is 156 Å². The zero-order valence-corrected chi connectivity index (χ0v) is 16.1. The third kappa shape index (κ3) is 5.30. The van der Waals surface area contributed by atoms with Crippen LogP contribution in [0.1, 0.15) is 44.9 Å². The third-order valence-corrected chi connectivity index (χ3v) is 4.19. The molecule has 26 heavy (non-hydrogen) atoms. The van der Waals surface area contributed by atoms with Crippen molar-refractivity contribution in [2.45, 2.75) is 46.4 Å². The molecule has 1 aromatic heterocycles. The van der Waals surface area contributed by atoms with E-state index in [9.17, 15) is 4.79 Å². The van der Waals surface area contributed by atoms with Crippen molar-refractivity contribution in [3.8, 4) is 5.88 Å². The highest BCUT2D eigenvalue weighted by Crippen LogP contribution is 2.21. The first-order valence-electron chi connectivity index (χ1n) is 9.24. The topological polar surface area (TPSA) is 54.5 Å². The van der Waals surface area contributed by atoms with Gasteiger partial charge >= 0.3 is 0 Å². The minimum absolute atomic E-state index is 0.0146. The number of carbonyl (C=O) groups excluding carboxylic acids is 1. The number of aromatic nitrogens is 1. The van der Waals surface area contributed by atoms with Crippen molar-refractivity contribution in [2.24, 2.45) is 0 Å². The fourth-order valence-electron chi connectivity index (χ4n) is 2.92. The summed E-state index contributed by atoms with van der Waals surface area (Å²) in [5.41, 5.74) is 1.87. The number of pyridine rings is 1. The van der Waals surface area contributed by atoms with E-state index in [1.54, 1.807) is 6.20 Å². The van der Waals surface area contributed by atoms with Gasteiger partial charge in [0.15, 0.2) is 0 Å². The van der Waals surface area contributed by atoms with E-state index in [-0.39, 0.29) is 18.1 Å². The molecule has 0 radical (unpaired) electrons. The molecule has 2 rings (SSSR count). The smallest absolute Gasteiger partial charge is 0.242 e. The Morgan fingerprint density at radius 3 is 2.42 bits per heavy atom. The number of carbonyl (C=O) groups is 1. The number of hydrogen-bond donors (Lipinski definition) is 1. The largest absolute Gasteiger partial charge is 0.475 e. The minimum atomic E-state index is -0.308. The molecule has 0 saturated carbocycles. The predicted molar refractivity (Wildman–Crippen MR) is 104 cm³/mol. The molecule has 1 amide bonds. The van der Waals surface area contributed by atoms with Crippen LogP contribution in [0, 0.1) is 0 Å². The molecule has 1 aromatic carbocycles. The first-order chi connectivity index (χ1) is 12.6. The van der Waals surface area contributed by atoms with Crippen LogP contribution in [0.2, 0.25) is 0 Å². The van der Waals surface area contributed by atoms with Gasteiger partial charge in [-0.3, -0.25) is 9.69 Å². The molecular weight excluding hydrogens is 326 g/mol. The summed E-state index contributed by atoms with van der Waals surface area (Å²) in [6.45, 7) is 10.1. The van der Waals surface area contributed by atoms with E-state index in [1.165, 1.54) is 0 Å². The van der Waals surface area contributed by atoms with Gasteiger partial charge in [0, 0.05) is 18.3 Å². The molecule has 1 unspecified atom stereocenters. The second-order valence-electron chi connectivity index (χ2n) is 6.39. The number of benzene rings is 1. The maximum Gasteiger partial charge on any atom is 0.242 e. The molecule has 1 atom stereocenters. The van der Waals surface area contributed by atoms with Gasteiger partial charge in [-0.25, -0.2) is 4.98 Å². The zero-order valence-electron chi connectivity index (χ0n) is 16.1. The van der Waals surface area contributed by atoms with E-state index in [1.807, 2.05) is 56.3 Å². The van der Waals surface area contributed by atoms with Gasteiger partial charge in [-0.2, -0.15) is 0 Å². The van der Waals surface area contributed by atoms with E-state index in [0.717, 1.165) is 24.2 Å². The molecule has 1 N–H and O–H groups in total. The number of ether oxygens (including phenoxy) is 1. The molecule has 0 aliphatic carbocycles. The molecule has 1 heterocycles. The fourth-order valence-corrected chi connectivity index (χ4v) is 2.92. The lowest BCUT2D eigenvalue weighted by molar-refractivity contribution is -0.126. The van der Waals surface area contributed by atoms with Crippen molar-refractivity contribution in [2.75, 3.05) is 13.1 Å². The monoisotopic (exact) mass is 355 g/mol. The molecule has 0 bridgehead atoms. The second-order valence-corrected chi connectivity index (χ2v) is 6.39. The lowest BCUT2D eigenvalue weighted by Crippen LogP contribution is -2.40. The Balaban J connectivity index is 2.15. The minimum Gasteiger partial charge on any atom is -0.475 e. The van der Waals surface area contributed by atoms with E-state index in [0.29, 0.717) is 12.4 Å². The number of nitrogens with one attached hydrogen (secondary N) is 1. The van der Waals surface area contributed by atoms with Gasteiger partial charge in [0.25, 0.3) is 0 Å². The van der Waals surface area contributed by atoms with Crippen LogP contribution in [0.15, 0.2) is 48.7 Å². The molecular formula is C21H29N3O2. The van der Waals surface area contributed by atoms with Gasteiger partial charge in [-0.15, -0.1) is 0 Å². The molecule has 0 fully saturated rings. The Bertz CT molecular complexity index is 685. The molecule has 0 aliphatic rings. The van der Waals surface area contributed by atoms with Crippen LogP contribution >= 0.6 is 0 Å². The predicted octanol–water partition coefficient (Wildman–Crippen LogP) is 3.57. The Morgan fingerprint density at radius 1 is 1.12 bits per heavy atom. The number of likely N-dealkylation sites (N-methyl/N-ethyl adjacent to an activating group) is 1. The van der Waals surface area contributed by atoms with Crippen molar-refractivity contribution in [3.05, 3.63) is 59.8 Å². The SMILES string of the molecule is CCN(CC)C(C(=O)NCc1cccnc1OC(C)C)c1ccccc1. The van der Waals surface area contributed by atoms with Crippen molar-refractivity contribution in [1.29, 1.82) is 0 Å². The van der Waals surface area contributed by atoms with Crippen molar-refractivity contribution in [3.63, 3.8) is 0 Å². The van der Waals surface area contributed by atoms with Crippen molar-refractivity contribution in [1.82, 2.24) is 15.2 Å². The maximum atomic E-state index is 13.0. The van der Waals surface area contributed by atoms with Gasteiger partial charge < -0.3 is 10.1 Å². The molecule has 0 aliphatic heterocycles. The van der Waals surface area contributed by atoms with Gasteiger partial charge in [0.1, 0.15) is 6.04 Å². The molecule has 5 nitrogen and oxygen atoms in total. The third-order valence-electron chi connectivity index (χ3n) is 4.19. The average Bonchev–Trinajstić information content (AvgIpc) is 2.65. The van der Waals surface area contributed by atoms with Crippen LogP contribution in [0.4, 0.5) is 0 Å². The standard InChI is InChI=1S/C21H29N3O2/c1-5-24(6-2)19(17-11-8-7-9-12-17)20(25)23-15-18-13-10-14-22-21(18)26-16(3)4/h7-14,16,19H,5-6,15H2,1-4H3,(H,23,25). The zero-order chi connectivity index (χ0) is 18.9. The van der Waals surface area contributed by atoms with Gasteiger partial charge in [0.2, 0.25) is 11.8 Å². The summed E-state index contributed by atoms with van der Waals surface area (Å²) < 4.78 is 5.74. The van der Waals surface area contributed by atoms with Crippen molar-refractivity contribution >= 4 is 5.91 Å². The highest BCUT2D eigenvalue weighted by Gasteiger charge is 2.25. The van der Waals surface area contributed by atoms with Crippen LogP contribution < -0.4 is 10.1 Å². The lowest BCUT2D eigenvalue weighted by Gasteiger charge is -2.29. The number of hydrogen-bond acceptors (Lipinski definition) is 4. The highest BCUT2D eigenvalue weighted by atomic mass is 16.5. The summed E-state index contributed by atoms with van der Waals surface area (Å²) in [5.74, 6) is 0.557. The van der Waals surface area contributed by atoms with Crippen LogP contribution in [-0.2, 0) is 11.3 Å². The number of rotatable bonds is 9. The average molecular weight is 355 g/mol. The fraction of sp³-hybridized carbons (Fsp3) is 0.429. The van der Waals surface area contributed by atoms with Gasteiger partial charge in [0.05, 0.1) is 6.10 Å². The number of nitrogens with zero attached hydrogens (tertiary/aromatic N) is 2. The first-order valence-corrected chi connectivity index (χ1v) is 9.24. The molecule has 0 spiro atoms. The van der Waals surface area contributed by atoms with E-state index < -0.39 is 0 Å². The van der Waals surface area contributed by atoms with Gasteiger partial charge in [-0.1, -0.05) is 50.2 Å². The summed E-state index contributed by atoms with van der Waals surface area (Å²) >= 11 is 0. The lowest BCUT2D eigenvalue weighted by atomic mass is 10.0. The molecule has 140 valence electrons. The van der Waals surface area contributed by atoms with Crippen molar-refractivity contribution < 1.29 is 9.53 Å². The van der Waals surface area contributed by atoms with Crippen LogP contribution in [0.25, 0.3) is 0 Å². The molecule has 0 saturated heterocycles. The number of amides is 1. The van der Waals surface area contributed by atoms with Crippen LogP contribution in [-0.4, -0.2) is 35.0 Å². The molecule has 5 heteroatoms. The summed E-state index contributed by atoms with van der Waals surface area (Å²) in [6.07, 6.45) is 1.73. The summed E-state index contributed by atoms with van der Waals surface area (Å²) in [4.78, 5) is 19.4. The quantitative estimate of drug-likeness (QED) is 0.747. The summed E-state index contributed by atoms with van der Waals surface area (Å²) in [5, 5.41) is 3.06. The summed E-state index contributed by atoms with van der Waals surface area (Å²) in [6, 6.07) is 13.4. The highest BCUT2D eigenvalue weighted by molar-refractivity contribution is 5.83. The maximum absolute atomic E-state index is 13.0. The first kappa shape index (κ1) is 19.9. The second kappa shape index (κ2) is 9.92. The Kier molecular flexibility index (Phi) is 7.60. The van der Waals surface area contributed by atoms with E-state index in [4.69, 9.17) is 4.74 Å². The van der Waals surface area contributed by atoms with E-state index in [2.05, 4.69) is 29.0 Å². The Hall–Kier alpha value is -2.40. The van der Waals surface area contributed by atoms with E-state index >= 15 is 0 Å². The normalized spacial score (nSPS) is 12.2. The summed E-state index contributed by atoms with van der Waals surface area (Å²) in [7, 11) is 0. The molecule has 2 aromatic rings. The van der Waals surface area contributed by atoms with Crippen LogP contribution in [0.3, 0.4) is 0 Å². The van der Waals surface area contributed by atoms with Crippen LogP contribution in [0.5, 0.6) is 5.88 Å². The van der Waals surface area contributed by atoms with Gasteiger partial charge in [-0.05, 0) is 38.6 Å². The Morgan fingerprint density at radius 2 is 1.81 bits per heavy atom.